The number of benzene rings is 1. The van der Waals surface area contributed by atoms with E-state index < -0.39 is 12.1 Å². The van der Waals surface area contributed by atoms with E-state index in [1.807, 2.05) is 30.3 Å². The summed E-state index contributed by atoms with van der Waals surface area (Å²) in [6, 6.07) is 9.46. The molecule has 3 rings (SSSR count). The van der Waals surface area contributed by atoms with Gasteiger partial charge >= 0.3 is 5.97 Å². The Morgan fingerprint density at radius 3 is 2.78 bits per heavy atom. The number of carboxylic acids is 1. The van der Waals surface area contributed by atoms with Gasteiger partial charge in [-0.2, -0.15) is 5.10 Å². The number of H-pyrrole nitrogens is 1. The first-order chi connectivity index (χ1) is 11.1. The Labute approximate surface area is 140 Å². The Bertz CT molecular complexity index is 732. The highest BCUT2D eigenvalue weighted by molar-refractivity contribution is 9.10. The normalized spacial score (nSPS) is 18.0. The third-order valence-electron chi connectivity index (χ3n) is 3.60. The fourth-order valence-electron chi connectivity index (χ4n) is 2.40. The van der Waals surface area contributed by atoms with Crippen molar-refractivity contribution in [2.75, 3.05) is 19.7 Å². The SMILES string of the molecule is O=C(O)C1CN(C(=O)c2[nH]nc(-c3ccccc3)c2Br)CCO1. The van der Waals surface area contributed by atoms with Gasteiger partial charge in [0.05, 0.1) is 17.6 Å². The van der Waals surface area contributed by atoms with Crippen molar-refractivity contribution >= 4 is 27.8 Å². The number of nitrogens with zero attached hydrogens (tertiary/aromatic N) is 2. The number of ether oxygens (including phenoxy) is 1. The maximum atomic E-state index is 12.6. The molecule has 1 fully saturated rings. The Morgan fingerprint density at radius 2 is 2.09 bits per heavy atom. The zero-order chi connectivity index (χ0) is 16.4. The van der Waals surface area contributed by atoms with Crippen LogP contribution in [0.25, 0.3) is 11.3 Å². The number of carboxylic acid groups (broad SMARTS) is 1. The van der Waals surface area contributed by atoms with Crippen molar-refractivity contribution in [3.8, 4) is 11.3 Å². The lowest BCUT2D eigenvalue weighted by molar-refractivity contribution is -0.154. The zero-order valence-corrected chi connectivity index (χ0v) is 13.6. The van der Waals surface area contributed by atoms with E-state index >= 15 is 0 Å². The Hall–Kier alpha value is -2.19. The third-order valence-corrected chi connectivity index (χ3v) is 4.37. The molecule has 1 aromatic carbocycles. The number of hydrogen-bond donors (Lipinski definition) is 2. The summed E-state index contributed by atoms with van der Waals surface area (Å²) in [5, 5.41) is 15.9. The van der Waals surface area contributed by atoms with E-state index in [1.54, 1.807) is 0 Å². The minimum absolute atomic E-state index is 0.0142. The van der Waals surface area contributed by atoms with Gasteiger partial charge in [-0.3, -0.25) is 9.89 Å². The van der Waals surface area contributed by atoms with Crippen molar-refractivity contribution in [2.24, 2.45) is 0 Å². The number of carbonyl (C=O) groups is 2. The molecule has 0 saturated carbocycles. The van der Waals surface area contributed by atoms with Gasteiger partial charge in [0.15, 0.2) is 6.10 Å². The van der Waals surface area contributed by atoms with Gasteiger partial charge in [-0.1, -0.05) is 30.3 Å². The molecular weight excluding hydrogens is 366 g/mol. The van der Waals surface area contributed by atoms with Crippen LogP contribution in [0.3, 0.4) is 0 Å². The highest BCUT2D eigenvalue weighted by Crippen LogP contribution is 2.29. The number of aromatic amines is 1. The van der Waals surface area contributed by atoms with Crippen LogP contribution in [-0.4, -0.2) is 57.9 Å². The summed E-state index contributed by atoms with van der Waals surface area (Å²) in [6.45, 7) is 0.551. The molecule has 1 aliphatic heterocycles. The minimum atomic E-state index is -1.07. The number of hydrogen-bond acceptors (Lipinski definition) is 4. The average molecular weight is 380 g/mol. The molecule has 1 aromatic heterocycles. The predicted octanol–water partition coefficient (Wildman–Crippen LogP) is 1.76. The second kappa shape index (κ2) is 6.51. The molecule has 2 N–H and O–H groups in total. The van der Waals surface area contributed by atoms with Gasteiger partial charge in [-0.25, -0.2) is 4.79 Å². The smallest absolute Gasteiger partial charge is 0.334 e. The number of aliphatic carboxylic acids is 1. The van der Waals surface area contributed by atoms with Crippen LogP contribution in [0.2, 0.25) is 0 Å². The largest absolute Gasteiger partial charge is 0.479 e. The summed E-state index contributed by atoms with van der Waals surface area (Å²) in [5.74, 6) is -1.38. The third kappa shape index (κ3) is 3.13. The van der Waals surface area contributed by atoms with E-state index in [2.05, 4.69) is 26.1 Å². The first kappa shape index (κ1) is 15.7. The number of rotatable bonds is 3. The summed E-state index contributed by atoms with van der Waals surface area (Å²) in [7, 11) is 0. The summed E-state index contributed by atoms with van der Waals surface area (Å²) in [6.07, 6.45) is -0.997. The highest BCUT2D eigenvalue weighted by Gasteiger charge is 2.31. The molecular formula is C15H14BrN3O4. The van der Waals surface area contributed by atoms with E-state index in [4.69, 9.17) is 9.84 Å². The molecule has 8 heteroatoms. The Kier molecular flexibility index (Phi) is 4.44. The Balaban J connectivity index is 1.83. The molecule has 0 spiro atoms. The molecule has 0 bridgehead atoms. The molecule has 1 amide bonds. The molecule has 1 aliphatic rings. The Morgan fingerprint density at radius 1 is 1.35 bits per heavy atom. The molecule has 0 aliphatic carbocycles. The van der Waals surface area contributed by atoms with Crippen LogP contribution in [0.4, 0.5) is 0 Å². The van der Waals surface area contributed by atoms with Gasteiger partial charge < -0.3 is 14.7 Å². The molecule has 1 unspecified atom stereocenters. The first-order valence-corrected chi connectivity index (χ1v) is 7.80. The molecule has 2 heterocycles. The zero-order valence-electron chi connectivity index (χ0n) is 12.0. The highest BCUT2D eigenvalue weighted by atomic mass is 79.9. The van der Waals surface area contributed by atoms with Crippen LogP contribution in [0, 0.1) is 0 Å². The van der Waals surface area contributed by atoms with Gasteiger partial charge in [0.25, 0.3) is 5.91 Å². The molecule has 1 atom stereocenters. The number of nitrogens with one attached hydrogen (secondary N) is 1. The van der Waals surface area contributed by atoms with E-state index in [0.717, 1.165) is 5.56 Å². The van der Waals surface area contributed by atoms with Crippen LogP contribution >= 0.6 is 15.9 Å². The van der Waals surface area contributed by atoms with Gasteiger partial charge in [0.2, 0.25) is 0 Å². The number of halogens is 1. The van der Waals surface area contributed by atoms with Crippen LogP contribution in [0.5, 0.6) is 0 Å². The monoisotopic (exact) mass is 379 g/mol. The van der Waals surface area contributed by atoms with Crippen LogP contribution < -0.4 is 0 Å². The number of amides is 1. The number of aromatic nitrogens is 2. The quantitative estimate of drug-likeness (QED) is 0.846. The van der Waals surface area contributed by atoms with E-state index in [1.165, 1.54) is 4.90 Å². The summed E-state index contributed by atoms with van der Waals surface area (Å²) < 4.78 is 5.69. The molecule has 2 aromatic rings. The van der Waals surface area contributed by atoms with Crippen LogP contribution in [-0.2, 0) is 9.53 Å². The summed E-state index contributed by atoms with van der Waals surface area (Å²) >= 11 is 3.41. The minimum Gasteiger partial charge on any atom is -0.479 e. The lowest BCUT2D eigenvalue weighted by atomic mass is 10.1. The van der Waals surface area contributed by atoms with Gasteiger partial charge in [-0.05, 0) is 15.9 Å². The molecule has 0 radical (unpaired) electrons. The van der Waals surface area contributed by atoms with Gasteiger partial charge in [0.1, 0.15) is 11.4 Å². The number of carbonyl (C=O) groups excluding carboxylic acids is 1. The van der Waals surface area contributed by atoms with Gasteiger partial charge in [-0.15, -0.1) is 0 Å². The lowest BCUT2D eigenvalue weighted by Gasteiger charge is -2.30. The second-order valence-corrected chi connectivity index (χ2v) is 5.87. The van der Waals surface area contributed by atoms with Crippen molar-refractivity contribution in [1.29, 1.82) is 0 Å². The van der Waals surface area contributed by atoms with Crippen molar-refractivity contribution in [1.82, 2.24) is 15.1 Å². The topological polar surface area (TPSA) is 95.5 Å². The summed E-state index contributed by atoms with van der Waals surface area (Å²) in [5.41, 5.74) is 1.81. The lowest BCUT2D eigenvalue weighted by Crippen LogP contribution is -2.48. The average Bonchev–Trinajstić information content (AvgIpc) is 2.96. The van der Waals surface area contributed by atoms with Crippen molar-refractivity contribution in [3.63, 3.8) is 0 Å². The van der Waals surface area contributed by atoms with Crippen molar-refractivity contribution < 1.29 is 19.4 Å². The van der Waals surface area contributed by atoms with Crippen LogP contribution in [0.15, 0.2) is 34.8 Å². The predicted molar refractivity (Wildman–Crippen MR) is 85.0 cm³/mol. The molecule has 1 saturated heterocycles. The van der Waals surface area contributed by atoms with E-state index in [9.17, 15) is 9.59 Å². The maximum Gasteiger partial charge on any atom is 0.334 e. The summed E-state index contributed by atoms with van der Waals surface area (Å²) in [4.78, 5) is 25.1. The first-order valence-electron chi connectivity index (χ1n) is 7.01. The second-order valence-electron chi connectivity index (χ2n) is 5.08. The molecule has 23 heavy (non-hydrogen) atoms. The molecule has 120 valence electrons. The van der Waals surface area contributed by atoms with Gasteiger partial charge in [0, 0.05) is 12.1 Å². The standard InChI is InChI=1S/C15H14BrN3O4/c16-11-12(9-4-2-1-3-5-9)17-18-13(11)14(20)19-6-7-23-10(8-19)15(21)22/h1-5,10H,6-8H2,(H,17,18)(H,21,22). The van der Waals surface area contributed by atoms with Crippen LogP contribution in [0.1, 0.15) is 10.5 Å². The van der Waals surface area contributed by atoms with E-state index in [-0.39, 0.29) is 19.1 Å². The van der Waals surface area contributed by atoms with Crippen molar-refractivity contribution in [2.45, 2.75) is 6.10 Å². The van der Waals surface area contributed by atoms with E-state index in [0.29, 0.717) is 22.4 Å². The fourth-order valence-corrected chi connectivity index (χ4v) is 2.97. The fraction of sp³-hybridized carbons (Fsp3) is 0.267. The van der Waals surface area contributed by atoms with Crippen molar-refractivity contribution in [3.05, 3.63) is 40.5 Å². The maximum absolute atomic E-state index is 12.6. The molecule has 7 nitrogen and oxygen atoms in total. The number of morpholine rings is 1.